The van der Waals surface area contributed by atoms with Crippen molar-refractivity contribution in [2.24, 2.45) is 0 Å². The fourth-order valence-electron chi connectivity index (χ4n) is 2.24. The number of likely N-dealkylation sites (N-methyl/N-ethyl adjacent to an activating group) is 1. The minimum atomic E-state index is -1.58. The van der Waals surface area contributed by atoms with E-state index in [1.165, 1.54) is 4.90 Å². The van der Waals surface area contributed by atoms with E-state index in [9.17, 15) is 15.0 Å². The van der Waals surface area contributed by atoms with Gasteiger partial charge in [-0.1, -0.05) is 18.2 Å². The Morgan fingerprint density at radius 2 is 2.06 bits per heavy atom. The molecular formula is C12H15NO3. The number of aliphatic hydroxyl groups is 2. The van der Waals surface area contributed by atoms with Crippen LogP contribution >= 0.6 is 0 Å². The number of fused-ring (bicyclic) bond motifs is 1. The predicted octanol–water partition coefficient (Wildman–Crippen LogP) is 0.621. The summed E-state index contributed by atoms with van der Waals surface area (Å²) in [5.74, 6) is -0.380. The van der Waals surface area contributed by atoms with Gasteiger partial charge in [-0.3, -0.25) is 4.79 Å². The van der Waals surface area contributed by atoms with Crippen molar-refractivity contribution >= 4 is 11.6 Å². The fourth-order valence-corrected chi connectivity index (χ4v) is 2.24. The highest BCUT2D eigenvalue weighted by Gasteiger charge is 2.48. The van der Waals surface area contributed by atoms with Crippen molar-refractivity contribution in [1.29, 1.82) is 0 Å². The van der Waals surface area contributed by atoms with E-state index >= 15 is 0 Å². The topological polar surface area (TPSA) is 60.8 Å². The normalized spacial score (nSPS) is 25.8. The minimum Gasteiger partial charge on any atom is -0.393 e. The number of carbonyl (C=O) groups is 1. The summed E-state index contributed by atoms with van der Waals surface area (Å²) in [5, 5.41) is 19.8. The van der Waals surface area contributed by atoms with Crippen LogP contribution in [-0.2, 0) is 10.4 Å². The Bertz CT molecular complexity index is 430. The smallest absolute Gasteiger partial charge is 0.263 e. The van der Waals surface area contributed by atoms with Gasteiger partial charge in [-0.2, -0.15) is 0 Å². The van der Waals surface area contributed by atoms with Crippen molar-refractivity contribution < 1.29 is 15.0 Å². The third kappa shape index (κ3) is 1.42. The molecule has 86 valence electrons. The van der Waals surface area contributed by atoms with Crippen LogP contribution in [0.5, 0.6) is 0 Å². The van der Waals surface area contributed by atoms with Gasteiger partial charge < -0.3 is 15.1 Å². The number of nitrogens with zero attached hydrogens (tertiary/aromatic N) is 1. The molecule has 1 aromatic rings. The lowest BCUT2D eigenvalue weighted by atomic mass is 9.90. The van der Waals surface area contributed by atoms with Crippen LogP contribution in [-0.4, -0.2) is 29.3 Å². The van der Waals surface area contributed by atoms with E-state index in [2.05, 4.69) is 0 Å². The molecule has 0 spiro atoms. The Kier molecular flexibility index (Phi) is 2.48. The van der Waals surface area contributed by atoms with Crippen LogP contribution in [0.3, 0.4) is 0 Å². The molecule has 1 aliphatic rings. The summed E-state index contributed by atoms with van der Waals surface area (Å²) in [7, 11) is 1.63. The summed E-state index contributed by atoms with van der Waals surface area (Å²) < 4.78 is 0. The van der Waals surface area contributed by atoms with E-state index < -0.39 is 11.7 Å². The number of amides is 1. The molecule has 16 heavy (non-hydrogen) atoms. The zero-order chi connectivity index (χ0) is 11.9. The zero-order valence-electron chi connectivity index (χ0n) is 9.34. The van der Waals surface area contributed by atoms with Crippen molar-refractivity contribution in [2.75, 3.05) is 11.9 Å². The number of para-hydroxylation sites is 1. The third-order valence-corrected chi connectivity index (χ3v) is 2.96. The molecule has 0 saturated heterocycles. The number of aliphatic hydroxyl groups excluding tert-OH is 1. The van der Waals surface area contributed by atoms with E-state index in [1.54, 1.807) is 32.2 Å². The molecule has 2 rings (SSSR count). The summed E-state index contributed by atoms with van der Waals surface area (Å²) in [6, 6.07) is 7.10. The molecule has 0 fully saturated rings. The Morgan fingerprint density at radius 1 is 1.44 bits per heavy atom. The summed E-state index contributed by atoms with van der Waals surface area (Å²) in [6.07, 6.45) is -0.707. The lowest BCUT2D eigenvalue weighted by molar-refractivity contribution is -0.138. The molecule has 1 heterocycles. The third-order valence-electron chi connectivity index (χ3n) is 2.96. The molecule has 0 bridgehead atoms. The van der Waals surface area contributed by atoms with Crippen LogP contribution in [0.15, 0.2) is 24.3 Å². The number of hydrogen-bond acceptors (Lipinski definition) is 3. The Hall–Kier alpha value is -1.39. The van der Waals surface area contributed by atoms with Gasteiger partial charge in [0.05, 0.1) is 11.8 Å². The van der Waals surface area contributed by atoms with Crippen LogP contribution in [0, 0.1) is 0 Å². The van der Waals surface area contributed by atoms with E-state index in [4.69, 9.17) is 0 Å². The second-order valence-corrected chi connectivity index (χ2v) is 4.29. The summed E-state index contributed by atoms with van der Waals surface area (Å²) in [4.78, 5) is 13.4. The summed E-state index contributed by atoms with van der Waals surface area (Å²) >= 11 is 0. The number of anilines is 1. The van der Waals surface area contributed by atoms with Gasteiger partial charge in [0.25, 0.3) is 5.91 Å². The first-order valence-corrected chi connectivity index (χ1v) is 5.25. The zero-order valence-corrected chi connectivity index (χ0v) is 9.34. The predicted molar refractivity (Wildman–Crippen MR) is 60.0 cm³/mol. The molecule has 1 aromatic carbocycles. The monoisotopic (exact) mass is 221 g/mol. The van der Waals surface area contributed by atoms with Crippen molar-refractivity contribution in [2.45, 2.75) is 25.0 Å². The van der Waals surface area contributed by atoms with Crippen LogP contribution < -0.4 is 4.90 Å². The van der Waals surface area contributed by atoms with Gasteiger partial charge in [-0.25, -0.2) is 0 Å². The average Bonchev–Trinajstić information content (AvgIpc) is 2.42. The van der Waals surface area contributed by atoms with Crippen molar-refractivity contribution in [1.82, 2.24) is 0 Å². The van der Waals surface area contributed by atoms with Crippen LogP contribution in [0.2, 0.25) is 0 Å². The lowest BCUT2D eigenvalue weighted by Crippen LogP contribution is -2.40. The van der Waals surface area contributed by atoms with Crippen LogP contribution in [0.4, 0.5) is 5.69 Å². The molecular weight excluding hydrogens is 206 g/mol. The largest absolute Gasteiger partial charge is 0.393 e. The van der Waals surface area contributed by atoms with Crippen molar-refractivity contribution in [3.8, 4) is 0 Å². The molecule has 4 nitrogen and oxygen atoms in total. The highest BCUT2D eigenvalue weighted by Crippen LogP contribution is 2.41. The number of hydrogen-bond donors (Lipinski definition) is 2. The highest BCUT2D eigenvalue weighted by molar-refractivity contribution is 6.06. The minimum absolute atomic E-state index is 0.0210. The molecule has 0 saturated carbocycles. The van der Waals surface area contributed by atoms with E-state index in [1.807, 2.05) is 6.07 Å². The maximum Gasteiger partial charge on any atom is 0.263 e. The first-order valence-electron chi connectivity index (χ1n) is 5.25. The van der Waals surface area contributed by atoms with Gasteiger partial charge in [0.1, 0.15) is 0 Å². The van der Waals surface area contributed by atoms with Gasteiger partial charge in [-0.15, -0.1) is 0 Å². The molecule has 2 N–H and O–H groups in total. The Balaban J connectivity index is 2.52. The molecule has 0 radical (unpaired) electrons. The van der Waals surface area contributed by atoms with E-state index in [0.29, 0.717) is 11.3 Å². The number of rotatable bonds is 2. The molecule has 1 aliphatic heterocycles. The first kappa shape index (κ1) is 11.1. The maximum atomic E-state index is 12.0. The van der Waals surface area contributed by atoms with Gasteiger partial charge in [0, 0.05) is 19.0 Å². The molecule has 0 aliphatic carbocycles. The lowest BCUT2D eigenvalue weighted by Gasteiger charge is -2.23. The molecule has 1 amide bonds. The molecule has 4 heteroatoms. The standard InChI is InChI=1S/C12H15NO3/c1-8(14)7-12(16)9-5-3-4-6-10(9)13(2)11(12)15/h3-6,8,14,16H,7H2,1-2H3/t8-,12+/m1/s1. The quantitative estimate of drug-likeness (QED) is 0.769. The van der Waals surface area contributed by atoms with E-state index in [-0.39, 0.29) is 12.3 Å². The van der Waals surface area contributed by atoms with Gasteiger partial charge in [0.15, 0.2) is 5.60 Å². The Morgan fingerprint density at radius 3 is 2.69 bits per heavy atom. The van der Waals surface area contributed by atoms with Gasteiger partial charge in [-0.05, 0) is 13.0 Å². The van der Waals surface area contributed by atoms with Crippen molar-refractivity contribution in [3.63, 3.8) is 0 Å². The van der Waals surface area contributed by atoms with Gasteiger partial charge >= 0.3 is 0 Å². The molecule has 0 aromatic heterocycles. The molecule has 2 atom stereocenters. The maximum absolute atomic E-state index is 12.0. The van der Waals surface area contributed by atoms with Crippen molar-refractivity contribution in [3.05, 3.63) is 29.8 Å². The second kappa shape index (κ2) is 3.57. The van der Waals surface area contributed by atoms with Gasteiger partial charge in [0.2, 0.25) is 0 Å². The van der Waals surface area contributed by atoms with Crippen LogP contribution in [0.1, 0.15) is 18.9 Å². The molecule has 0 unspecified atom stereocenters. The van der Waals surface area contributed by atoms with E-state index in [0.717, 1.165) is 0 Å². The Labute approximate surface area is 94.1 Å². The first-order chi connectivity index (χ1) is 7.47. The number of carbonyl (C=O) groups excluding carboxylic acids is 1. The number of benzene rings is 1. The summed E-state index contributed by atoms with van der Waals surface area (Å²) in [5.41, 5.74) is -0.307. The summed E-state index contributed by atoms with van der Waals surface area (Å²) in [6.45, 7) is 1.56. The SMILES string of the molecule is C[C@@H](O)C[C@@]1(O)C(=O)N(C)c2ccccc21. The second-order valence-electron chi connectivity index (χ2n) is 4.29. The van der Waals surface area contributed by atoms with Crippen LogP contribution in [0.25, 0.3) is 0 Å². The fraction of sp³-hybridized carbons (Fsp3) is 0.417. The average molecular weight is 221 g/mol. The highest BCUT2D eigenvalue weighted by atomic mass is 16.3.